The van der Waals surface area contributed by atoms with Gasteiger partial charge < -0.3 is 9.73 Å². The largest absolute Gasteiger partial charge is 0.408 e. The molecule has 21 heavy (non-hydrogen) atoms. The molecule has 3 rings (SSSR count). The van der Waals surface area contributed by atoms with Crippen LogP contribution < -0.4 is 5.32 Å². The number of benzene rings is 1. The number of hydrogen-bond donors (Lipinski definition) is 1. The number of nitrogens with zero attached hydrogens (tertiary/aromatic N) is 3. The van der Waals surface area contributed by atoms with Crippen LogP contribution in [0.15, 0.2) is 53.2 Å². The molecule has 3 aromatic rings. The fourth-order valence-corrected chi connectivity index (χ4v) is 1.98. The van der Waals surface area contributed by atoms with Crippen LogP contribution in [0.3, 0.4) is 0 Å². The summed E-state index contributed by atoms with van der Waals surface area (Å²) in [6.07, 6.45) is 4.11. The van der Waals surface area contributed by atoms with Crippen molar-refractivity contribution in [3.63, 3.8) is 0 Å². The third-order valence-corrected chi connectivity index (χ3v) is 3.15. The first-order valence-corrected chi connectivity index (χ1v) is 6.87. The Labute approximate surface area is 127 Å². The van der Waals surface area contributed by atoms with Gasteiger partial charge in [-0.05, 0) is 29.3 Å². The van der Waals surface area contributed by atoms with E-state index in [0.717, 1.165) is 11.1 Å². The van der Waals surface area contributed by atoms with Gasteiger partial charge in [-0.3, -0.25) is 4.98 Å². The Hall–Kier alpha value is -2.40. The van der Waals surface area contributed by atoms with Gasteiger partial charge in [0.1, 0.15) is 0 Å². The highest BCUT2D eigenvalue weighted by Gasteiger charge is 2.06. The van der Waals surface area contributed by atoms with Gasteiger partial charge in [-0.25, -0.2) is 0 Å². The van der Waals surface area contributed by atoms with Crippen molar-refractivity contribution in [1.29, 1.82) is 0 Å². The average Bonchev–Trinajstić information content (AvgIpc) is 2.96. The quantitative estimate of drug-likeness (QED) is 0.783. The first-order chi connectivity index (χ1) is 10.3. The van der Waals surface area contributed by atoms with Gasteiger partial charge in [-0.15, -0.1) is 5.10 Å². The zero-order chi connectivity index (χ0) is 14.5. The molecular weight excluding hydrogens is 288 g/mol. The number of halogens is 1. The molecular formula is C15H13ClN4O. The number of aromatic nitrogens is 3. The van der Waals surface area contributed by atoms with Gasteiger partial charge in [0.25, 0.3) is 0 Å². The van der Waals surface area contributed by atoms with Gasteiger partial charge in [0.2, 0.25) is 5.89 Å². The van der Waals surface area contributed by atoms with Crippen molar-refractivity contribution < 1.29 is 4.42 Å². The van der Waals surface area contributed by atoms with Gasteiger partial charge in [0, 0.05) is 24.0 Å². The predicted octanol–water partition coefficient (Wildman–Crippen LogP) is 3.32. The molecule has 0 atom stereocenters. The predicted molar refractivity (Wildman–Crippen MR) is 80.1 cm³/mol. The van der Waals surface area contributed by atoms with E-state index in [0.29, 0.717) is 29.9 Å². The van der Waals surface area contributed by atoms with Crippen LogP contribution in [0.2, 0.25) is 5.02 Å². The first-order valence-electron chi connectivity index (χ1n) is 6.49. The van der Waals surface area contributed by atoms with E-state index in [2.05, 4.69) is 20.5 Å². The molecule has 0 spiro atoms. The van der Waals surface area contributed by atoms with Crippen molar-refractivity contribution in [3.05, 3.63) is 70.8 Å². The van der Waals surface area contributed by atoms with Crippen LogP contribution in [0.25, 0.3) is 0 Å². The summed E-state index contributed by atoms with van der Waals surface area (Å²) < 4.78 is 5.55. The van der Waals surface area contributed by atoms with Crippen LogP contribution >= 0.6 is 11.6 Å². The van der Waals surface area contributed by atoms with Crippen LogP contribution in [0.1, 0.15) is 17.0 Å². The molecule has 1 aromatic carbocycles. The molecule has 106 valence electrons. The minimum atomic E-state index is 0.405. The minimum absolute atomic E-state index is 0.405. The van der Waals surface area contributed by atoms with Crippen LogP contribution in [0, 0.1) is 0 Å². The van der Waals surface area contributed by atoms with Gasteiger partial charge >= 0.3 is 6.01 Å². The zero-order valence-corrected chi connectivity index (χ0v) is 11.9. The van der Waals surface area contributed by atoms with E-state index < -0.39 is 0 Å². The molecule has 0 saturated carbocycles. The summed E-state index contributed by atoms with van der Waals surface area (Å²) in [6, 6.07) is 11.8. The lowest BCUT2D eigenvalue weighted by molar-refractivity contribution is 0.516. The van der Waals surface area contributed by atoms with Gasteiger partial charge in [0.15, 0.2) is 0 Å². The van der Waals surface area contributed by atoms with Crippen molar-refractivity contribution in [2.75, 3.05) is 5.32 Å². The summed E-state index contributed by atoms with van der Waals surface area (Å²) in [6.45, 7) is 0.594. The fourth-order valence-electron chi connectivity index (χ4n) is 1.85. The van der Waals surface area contributed by atoms with E-state index in [4.69, 9.17) is 16.0 Å². The van der Waals surface area contributed by atoms with Gasteiger partial charge in [-0.1, -0.05) is 34.9 Å². The molecule has 0 aliphatic carbocycles. The summed E-state index contributed by atoms with van der Waals surface area (Å²) in [5.41, 5.74) is 2.12. The lowest BCUT2D eigenvalue weighted by Crippen LogP contribution is -1.99. The fraction of sp³-hybridized carbons (Fsp3) is 0.133. The monoisotopic (exact) mass is 300 g/mol. The molecule has 0 bridgehead atoms. The second-order valence-corrected chi connectivity index (χ2v) is 4.96. The third kappa shape index (κ3) is 3.79. The molecule has 0 radical (unpaired) electrons. The van der Waals surface area contributed by atoms with E-state index in [9.17, 15) is 0 Å². The number of pyridine rings is 1. The normalized spacial score (nSPS) is 10.5. The summed E-state index contributed by atoms with van der Waals surface area (Å²) in [4.78, 5) is 4.05. The molecule has 1 N–H and O–H groups in total. The van der Waals surface area contributed by atoms with Gasteiger partial charge in [-0.2, -0.15) is 0 Å². The molecule has 0 fully saturated rings. The number of nitrogens with one attached hydrogen (secondary N) is 1. The van der Waals surface area contributed by atoms with Crippen LogP contribution in [-0.4, -0.2) is 15.2 Å². The molecule has 0 saturated heterocycles. The van der Waals surface area contributed by atoms with Crippen molar-refractivity contribution in [1.82, 2.24) is 15.2 Å². The standard InChI is InChI=1S/C15H13ClN4O/c16-13-5-3-11(4-6-13)8-14-19-20-15(21-14)18-10-12-2-1-7-17-9-12/h1-7,9H,8,10H2,(H,18,20). The lowest BCUT2D eigenvalue weighted by Gasteiger charge is -2.00. The third-order valence-electron chi connectivity index (χ3n) is 2.90. The Balaban J connectivity index is 1.59. The number of rotatable bonds is 5. The first kappa shape index (κ1) is 13.6. The van der Waals surface area contributed by atoms with Crippen molar-refractivity contribution >= 4 is 17.6 Å². The van der Waals surface area contributed by atoms with Gasteiger partial charge in [0.05, 0.1) is 6.42 Å². The maximum atomic E-state index is 5.85. The molecule has 5 nitrogen and oxygen atoms in total. The molecule has 2 heterocycles. The van der Waals surface area contributed by atoms with E-state index in [1.807, 2.05) is 36.4 Å². The maximum absolute atomic E-state index is 5.85. The topological polar surface area (TPSA) is 63.8 Å². The molecule has 6 heteroatoms. The number of hydrogen-bond acceptors (Lipinski definition) is 5. The second-order valence-electron chi connectivity index (χ2n) is 4.52. The molecule has 0 aliphatic heterocycles. The van der Waals surface area contributed by atoms with E-state index in [-0.39, 0.29) is 0 Å². The van der Waals surface area contributed by atoms with E-state index in [1.54, 1.807) is 12.4 Å². The highest BCUT2D eigenvalue weighted by molar-refractivity contribution is 6.30. The van der Waals surface area contributed by atoms with Crippen molar-refractivity contribution in [2.45, 2.75) is 13.0 Å². The average molecular weight is 301 g/mol. The Morgan fingerprint density at radius 1 is 1.05 bits per heavy atom. The van der Waals surface area contributed by atoms with E-state index >= 15 is 0 Å². The van der Waals surface area contributed by atoms with Crippen molar-refractivity contribution in [3.8, 4) is 0 Å². The summed E-state index contributed by atoms with van der Waals surface area (Å²) in [5.74, 6) is 0.561. The maximum Gasteiger partial charge on any atom is 0.315 e. The zero-order valence-electron chi connectivity index (χ0n) is 11.2. The Morgan fingerprint density at radius 2 is 1.90 bits per heavy atom. The Kier molecular flexibility index (Phi) is 4.12. The molecule has 0 amide bonds. The summed E-state index contributed by atoms with van der Waals surface area (Å²) in [7, 11) is 0. The molecule has 0 aliphatic rings. The Morgan fingerprint density at radius 3 is 2.67 bits per heavy atom. The molecule has 0 unspecified atom stereocenters. The highest BCUT2D eigenvalue weighted by atomic mass is 35.5. The summed E-state index contributed by atoms with van der Waals surface area (Å²) in [5, 5.41) is 11.8. The smallest absolute Gasteiger partial charge is 0.315 e. The summed E-state index contributed by atoms with van der Waals surface area (Å²) >= 11 is 5.85. The molecule has 2 aromatic heterocycles. The van der Waals surface area contributed by atoms with Crippen LogP contribution in [0.4, 0.5) is 6.01 Å². The minimum Gasteiger partial charge on any atom is -0.408 e. The van der Waals surface area contributed by atoms with Crippen LogP contribution in [-0.2, 0) is 13.0 Å². The number of anilines is 1. The second kappa shape index (κ2) is 6.37. The van der Waals surface area contributed by atoms with E-state index in [1.165, 1.54) is 0 Å². The lowest BCUT2D eigenvalue weighted by atomic mass is 10.1. The van der Waals surface area contributed by atoms with Crippen molar-refractivity contribution in [2.24, 2.45) is 0 Å². The highest BCUT2D eigenvalue weighted by Crippen LogP contribution is 2.14. The Bertz CT molecular complexity index is 697. The SMILES string of the molecule is Clc1ccc(Cc2nnc(NCc3cccnc3)o2)cc1. The van der Waals surface area contributed by atoms with Crippen LogP contribution in [0.5, 0.6) is 0 Å².